The quantitative estimate of drug-likeness (QED) is 0.496. The van der Waals surface area contributed by atoms with Crippen LogP contribution in [0.15, 0.2) is 48.7 Å². The highest BCUT2D eigenvalue weighted by atomic mass is 16.1. The van der Waals surface area contributed by atoms with Crippen molar-refractivity contribution >= 4 is 6.29 Å². The summed E-state index contributed by atoms with van der Waals surface area (Å²) >= 11 is 0. The molecule has 2 heteroatoms. The Kier molecular flexibility index (Phi) is 6.24. The fraction of sp³-hybridized carbons (Fsp3) is 0.182. The van der Waals surface area contributed by atoms with Gasteiger partial charge in [0.05, 0.1) is 0 Å². The summed E-state index contributed by atoms with van der Waals surface area (Å²) in [6.07, 6.45) is 8.55. The van der Waals surface area contributed by atoms with Gasteiger partial charge in [0.2, 0.25) is 0 Å². The Hall–Kier alpha value is -1.57. The van der Waals surface area contributed by atoms with Gasteiger partial charge in [-0.1, -0.05) is 37.5 Å². The number of hydrogen-bond acceptors (Lipinski definition) is 2. The molecule has 0 radical (unpaired) electrons. The van der Waals surface area contributed by atoms with Crippen molar-refractivity contribution in [3.63, 3.8) is 0 Å². The van der Waals surface area contributed by atoms with Gasteiger partial charge in [0.1, 0.15) is 6.29 Å². The number of hydrogen-bond donors (Lipinski definition) is 1. The molecule has 0 saturated heterocycles. The second kappa shape index (κ2) is 7.10. The molecule has 0 unspecified atom stereocenters. The maximum Gasteiger partial charge on any atom is 0.123 e. The van der Waals surface area contributed by atoms with Crippen LogP contribution in [0.1, 0.15) is 6.42 Å². The zero-order valence-corrected chi connectivity index (χ0v) is 7.92. The standard InChI is InChI=1S/C11H15NO/c1-10(11(2)12-3)8-6-4-5-7-9-13/h4-6,8-9,12H,1-2,7H2,3H3/b5-4-,8-6-. The monoisotopic (exact) mass is 177 g/mol. The number of allylic oxidation sites excluding steroid dienone is 4. The summed E-state index contributed by atoms with van der Waals surface area (Å²) in [5.74, 6) is 0. The van der Waals surface area contributed by atoms with Crippen LogP contribution in [0, 0.1) is 0 Å². The minimum atomic E-state index is 0.448. The second-order valence-corrected chi connectivity index (χ2v) is 2.44. The lowest BCUT2D eigenvalue weighted by Crippen LogP contribution is -2.04. The maximum atomic E-state index is 9.94. The highest BCUT2D eigenvalue weighted by Crippen LogP contribution is 2.01. The molecule has 0 saturated carbocycles. The van der Waals surface area contributed by atoms with Gasteiger partial charge >= 0.3 is 0 Å². The molecule has 0 heterocycles. The van der Waals surface area contributed by atoms with E-state index in [0.29, 0.717) is 6.42 Å². The predicted octanol–water partition coefficient (Wildman–Crippen LogP) is 1.98. The Morgan fingerprint density at radius 2 is 2.08 bits per heavy atom. The molecule has 0 atom stereocenters. The molecule has 0 aliphatic rings. The lowest BCUT2D eigenvalue weighted by atomic mass is 10.2. The lowest BCUT2D eigenvalue weighted by Gasteiger charge is -2.01. The van der Waals surface area contributed by atoms with Crippen LogP contribution in [0.2, 0.25) is 0 Å². The Morgan fingerprint density at radius 1 is 1.38 bits per heavy atom. The molecule has 0 spiro atoms. The van der Waals surface area contributed by atoms with Crippen LogP contribution >= 0.6 is 0 Å². The van der Waals surface area contributed by atoms with E-state index in [1.165, 1.54) is 0 Å². The van der Waals surface area contributed by atoms with Crippen molar-refractivity contribution in [2.45, 2.75) is 6.42 Å². The van der Waals surface area contributed by atoms with Crippen LogP contribution in [0.5, 0.6) is 0 Å². The van der Waals surface area contributed by atoms with Gasteiger partial charge in [-0.15, -0.1) is 0 Å². The first kappa shape index (κ1) is 11.4. The van der Waals surface area contributed by atoms with Gasteiger partial charge in [-0.05, 0) is 5.57 Å². The maximum absolute atomic E-state index is 9.94. The van der Waals surface area contributed by atoms with E-state index in [0.717, 1.165) is 17.6 Å². The van der Waals surface area contributed by atoms with Crippen molar-refractivity contribution in [3.05, 3.63) is 48.7 Å². The van der Waals surface area contributed by atoms with Crippen molar-refractivity contribution in [1.82, 2.24) is 5.32 Å². The molecular weight excluding hydrogens is 162 g/mol. The van der Waals surface area contributed by atoms with Crippen molar-refractivity contribution in [2.24, 2.45) is 0 Å². The third-order valence-electron chi connectivity index (χ3n) is 1.47. The minimum Gasteiger partial charge on any atom is -0.388 e. The second-order valence-electron chi connectivity index (χ2n) is 2.44. The van der Waals surface area contributed by atoms with E-state index in [1.54, 1.807) is 13.1 Å². The van der Waals surface area contributed by atoms with E-state index in [4.69, 9.17) is 0 Å². The van der Waals surface area contributed by atoms with Crippen molar-refractivity contribution in [3.8, 4) is 0 Å². The van der Waals surface area contributed by atoms with Gasteiger partial charge in [-0.25, -0.2) is 0 Å². The van der Waals surface area contributed by atoms with Gasteiger partial charge < -0.3 is 10.1 Å². The van der Waals surface area contributed by atoms with Crippen molar-refractivity contribution < 1.29 is 4.79 Å². The molecule has 0 aliphatic heterocycles. The average Bonchev–Trinajstić information content (AvgIpc) is 2.16. The van der Waals surface area contributed by atoms with Crippen LogP contribution in [0.3, 0.4) is 0 Å². The summed E-state index contributed by atoms with van der Waals surface area (Å²) in [4.78, 5) is 9.94. The van der Waals surface area contributed by atoms with E-state index in [2.05, 4.69) is 18.5 Å². The Labute approximate surface area is 79.3 Å². The molecular formula is C11H15NO. The Morgan fingerprint density at radius 3 is 2.62 bits per heavy atom. The fourth-order valence-electron chi connectivity index (χ4n) is 0.646. The number of likely N-dealkylation sites (N-methyl/N-ethyl adjacent to an activating group) is 1. The molecule has 0 rings (SSSR count). The van der Waals surface area contributed by atoms with E-state index >= 15 is 0 Å². The SMILES string of the molecule is C=C(/C=C\C=C/CC=O)C(=C)NC. The van der Waals surface area contributed by atoms with Crippen LogP contribution in [0.4, 0.5) is 0 Å². The van der Waals surface area contributed by atoms with Gasteiger partial charge in [-0.2, -0.15) is 0 Å². The lowest BCUT2D eigenvalue weighted by molar-refractivity contribution is -0.107. The van der Waals surface area contributed by atoms with Gasteiger partial charge in [0.25, 0.3) is 0 Å². The van der Waals surface area contributed by atoms with Crippen molar-refractivity contribution in [1.29, 1.82) is 0 Å². The summed E-state index contributed by atoms with van der Waals surface area (Å²) in [7, 11) is 1.80. The molecule has 0 aliphatic carbocycles. The first-order valence-electron chi connectivity index (χ1n) is 4.05. The molecule has 0 aromatic rings. The number of carbonyl (C=O) groups excluding carboxylic acids is 1. The van der Waals surface area contributed by atoms with E-state index in [1.807, 2.05) is 18.2 Å². The van der Waals surface area contributed by atoms with E-state index in [-0.39, 0.29) is 0 Å². The summed E-state index contributed by atoms with van der Waals surface area (Å²) in [6, 6.07) is 0. The van der Waals surface area contributed by atoms with Crippen molar-refractivity contribution in [2.75, 3.05) is 7.05 Å². The number of nitrogens with one attached hydrogen (secondary N) is 1. The molecule has 0 aromatic carbocycles. The molecule has 70 valence electrons. The predicted molar refractivity (Wildman–Crippen MR) is 56.3 cm³/mol. The summed E-state index contributed by atoms with van der Waals surface area (Å²) < 4.78 is 0. The Balaban J connectivity index is 3.91. The number of rotatable bonds is 6. The molecule has 1 N–H and O–H groups in total. The zero-order valence-electron chi connectivity index (χ0n) is 7.92. The first-order chi connectivity index (χ1) is 6.22. The van der Waals surface area contributed by atoms with Gasteiger partial charge in [0.15, 0.2) is 0 Å². The highest BCUT2D eigenvalue weighted by molar-refractivity contribution is 5.52. The first-order valence-corrected chi connectivity index (χ1v) is 4.05. The van der Waals surface area contributed by atoms with Gasteiger partial charge in [-0.3, -0.25) is 0 Å². The summed E-state index contributed by atoms with van der Waals surface area (Å²) in [5, 5.41) is 2.89. The summed E-state index contributed by atoms with van der Waals surface area (Å²) in [5.41, 5.74) is 1.62. The molecule has 0 fully saturated rings. The largest absolute Gasteiger partial charge is 0.388 e. The molecule has 0 aromatic heterocycles. The molecule has 0 amide bonds. The van der Waals surface area contributed by atoms with Crippen LogP contribution in [-0.2, 0) is 4.79 Å². The van der Waals surface area contributed by atoms with Crippen LogP contribution in [-0.4, -0.2) is 13.3 Å². The normalized spacial score (nSPS) is 10.5. The fourth-order valence-corrected chi connectivity index (χ4v) is 0.646. The van der Waals surface area contributed by atoms with Crippen LogP contribution in [0.25, 0.3) is 0 Å². The van der Waals surface area contributed by atoms with E-state index < -0.39 is 0 Å². The molecule has 13 heavy (non-hydrogen) atoms. The van der Waals surface area contributed by atoms with Gasteiger partial charge in [0, 0.05) is 19.2 Å². The zero-order chi connectivity index (χ0) is 10.1. The molecule has 0 bridgehead atoms. The Bertz CT molecular complexity index is 249. The van der Waals surface area contributed by atoms with E-state index in [9.17, 15) is 4.79 Å². The molecule has 2 nitrogen and oxygen atoms in total. The third-order valence-corrected chi connectivity index (χ3v) is 1.47. The minimum absolute atomic E-state index is 0.448. The summed E-state index contributed by atoms with van der Waals surface area (Å²) in [6.45, 7) is 7.54. The average molecular weight is 177 g/mol. The topological polar surface area (TPSA) is 29.1 Å². The van der Waals surface area contributed by atoms with Crippen LogP contribution < -0.4 is 5.32 Å². The number of carbonyl (C=O) groups is 1. The number of aldehydes is 1. The third kappa shape index (κ3) is 5.67. The smallest absolute Gasteiger partial charge is 0.123 e. The highest BCUT2D eigenvalue weighted by Gasteiger charge is 1.88.